The number of nitrogens with one attached hydrogen (secondary N) is 2. The van der Waals surface area contributed by atoms with Crippen LogP contribution in [0.25, 0.3) is 0 Å². The molecule has 2 aliphatic carbocycles. The molecular formula is C42H52N8O6. The molecule has 2 aliphatic heterocycles. The zero-order chi connectivity index (χ0) is 40.5. The van der Waals surface area contributed by atoms with Crippen molar-refractivity contribution in [2.45, 2.75) is 60.5 Å². The van der Waals surface area contributed by atoms with Crippen molar-refractivity contribution in [2.75, 3.05) is 53.2 Å². The maximum absolute atomic E-state index is 12.3. The van der Waals surface area contributed by atoms with Crippen LogP contribution in [0.2, 0.25) is 0 Å². The number of carbonyl (C=O) groups is 4. The zero-order valence-corrected chi connectivity index (χ0v) is 32.9. The fourth-order valence-electron chi connectivity index (χ4n) is 7.16. The molecule has 4 heterocycles. The van der Waals surface area contributed by atoms with Gasteiger partial charge in [0.25, 0.3) is 0 Å². The molecular weight excluding hydrogens is 713 g/mol. The number of nitrogens with zero attached hydrogens (tertiary/aromatic N) is 6. The molecule has 0 spiro atoms. The number of hydrogen-bond acceptors (Lipinski definition) is 13. The van der Waals surface area contributed by atoms with Crippen LogP contribution >= 0.6 is 0 Å². The number of anilines is 4. The Labute approximate surface area is 328 Å². The lowest BCUT2D eigenvalue weighted by atomic mass is 10.1. The standard InChI is InChI=1S/C21H26N4O2.C19H22N4O2.2CH2O/c1-4-27-20(26)18-10-23-21(25-11-16-8-17(16)12-25)24-19(18)22-9-15-6-5-13(2)14(3)7-15;1-11-3-4-13(5-12(11)2)7-20-17-16(18(24)25)8-21-19(22-17)23-9-14-6-15(14)10-23;2*1-2/h5-7,10,16-17H,4,8-9,11-12H2,1-3H3,(H,22,23,24);3-5,8,14-15H,6-7,9-10H2,1-2H3,(H,24,25)(H,20,21,22);2*1H2. The largest absolute Gasteiger partial charge is 0.477 e. The average Bonchev–Trinajstić information content (AvgIpc) is 4.05. The Kier molecular flexibility index (Phi) is 13.7. The van der Waals surface area contributed by atoms with E-state index in [2.05, 4.69) is 98.4 Å². The van der Waals surface area contributed by atoms with Crippen LogP contribution in [0.5, 0.6) is 0 Å². The number of piperidine rings is 2. The highest BCUT2D eigenvalue weighted by Gasteiger charge is 2.46. The number of ether oxygens (including phenoxy) is 1. The van der Waals surface area contributed by atoms with Crippen molar-refractivity contribution in [3.63, 3.8) is 0 Å². The molecule has 296 valence electrons. The SMILES string of the molecule is C=O.C=O.CCOC(=O)c1cnc(N2CC3CC3C2)nc1NCc1ccc(C)c(C)c1.Cc1ccc(CNc2nc(N3CC4CC4C3)ncc2C(=O)O)cc1C. The van der Waals surface area contributed by atoms with Gasteiger partial charge in [0.1, 0.15) is 36.3 Å². The Morgan fingerprint density at radius 3 is 1.50 bits per heavy atom. The van der Waals surface area contributed by atoms with Crippen LogP contribution in [0, 0.1) is 51.4 Å². The van der Waals surface area contributed by atoms with Crippen LogP contribution in [0.3, 0.4) is 0 Å². The summed E-state index contributed by atoms with van der Waals surface area (Å²) in [5.74, 6) is 3.97. The minimum Gasteiger partial charge on any atom is -0.477 e. The van der Waals surface area contributed by atoms with Crippen LogP contribution < -0.4 is 20.4 Å². The van der Waals surface area contributed by atoms with Gasteiger partial charge in [0.15, 0.2) is 0 Å². The predicted molar refractivity (Wildman–Crippen MR) is 215 cm³/mol. The Morgan fingerprint density at radius 1 is 0.696 bits per heavy atom. The second-order valence-corrected chi connectivity index (χ2v) is 14.8. The van der Waals surface area contributed by atoms with Crippen LogP contribution in [-0.2, 0) is 27.4 Å². The number of carboxylic acids is 1. The normalized spacial score (nSPS) is 19.4. The molecule has 3 N–H and O–H groups in total. The smallest absolute Gasteiger partial charge is 0.343 e. The Bertz CT molecular complexity index is 2010. The number of carboxylic acid groups (broad SMARTS) is 1. The molecule has 2 aromatic carbocycles. The summed E-state index contributed by atoms with van der Waals surface area (Å²) in [6.45, 7) is 19.6. The van der Waals surface area contributed by atoms with Gasteiger partial charge in [-0.05, 0) is 105 Å². The molecule has 4 unspecified atom stereocenters. The molecule has 14 heteroatoms. The molecule has 4 atom stereocenters. The lowest BCUT2D eigenvalue weighted by Gasteiger charge is -2.19. The van der Waals surface area contributed by atoms with Crippen molar-refractivity contribution in [1.29, 1.82) is 0 Å². The van der Waals surface area contributed by atoms with Gasteiger partial charge in [-0.3, -0.25) is 0 Å². The van der Waals surface area contributed by atoms with Gasteiger partial charge < -0.3 is 39.9 Å². The minimum absolute atomic E-state index is 0.108. The van der Waals surface area contributed by atoms with Crippen molar-refractivity contribution < 1.29 is 29.0 Å². The first kappa shape index (κ1) is 41.2. The first-order chi connectivity index (χ1) is 27.1. The van der Waals surface area contributed by atoms with Gasteiger partial charge in [0, 0.05) is 51.7 Å². The summed E-state index contributed by atoms with van der Waals surface area (Å²) in [5, 5.41) is 15.9. The quantitative estimate of drug-likeness (QED) is 0.155. The predicted octanol–water partition coefficient (Wildman–Crippen LogP) is 5.83. The zero-order valence-electron chi connectivity index (χ0n) is 32.9. The van der Waals surface area contributed by atoms with Gasteiger partial charge >= 0.3 is 11.9 Å². The second-order valence-electron chi connectivity index (χ2n) is 14.8. The number of fused-ring (bicyclic) bond motifs is 2. The van der Waals surface area contributed by atoms with E-state index in [-0.39, 0.29) is 5.56 Å². The number of carbonyl (C=O) groups excluding carboxylic acids is 3. The van der Waals surface area contributed by atoms with Gasteiger partial charge in [-0.2, -0.15) is 9.97 Å². The summed E-state index contributed by atoms with van der Waals surface area (Å²) in [6.07, 6.45) is 5.64. The van der Waals surface area contributed by atoms with Gasteiger partial charge in [0.2, 0.25) is 11.9 Å². The summed E-state index contributed by atoms with van der Waals surface area (Å²) in [4.78, 5) is 62.1. The van der Waals surface area contributed by atoms with E-state index in [1.165, 1.54) is 41.3 Å². The number of rotatable bonds is 11. The first-order valence-corrected chi connectivity index (χ1v) is 18.9. The van der Waals surface area contributed by atoms with Gasteiger partial charge in [-0.1, -0.05) is 36.4 Å². The van der Waals surface area contributed by atoms with Crippen LogP contribution in [0.1, 0.15) is 73.9 Å². The number of benzene rings is 2. The fraction of sp³-hybridized carbons (Fsp3) is 0.429. The Balaban J connectivity index is 0.000000197. The van der Waals surface area contributed by atoms with Crippen LogP contribution in [-0.4, -0.2) is 83.3 Å². The van der Waals surface area contributed by atoms with E-state index >= 15 is 0 Å². The number of hydrogen-bond donors (Lipinski definition) is 3. The molecule has 56 heavy (non-hydrogen) atoms. The third kappa shape index (κ3) is 10.0. The van der Waals surface area contributed by atoms with Gasteiger partial charge in [0.05, 0.1) is 6.61 Å². The van der Waals surface area contributed by atoms with E-state index in [1.807, 2.05) is 19.6 Å². The van der Waals surface area contributed by atoms with Crippen molar-refractivity contribution in [2.24, 2.45) is 23.7 Å². The number of aromatic carboxylic acids is 1. The average molecular weight is 765 g/mol. The van der Waals surface area contributed by atoms with E-state index in [1.54, 1.807) is 13.1 Å². The third-order valence-corrected chi connectivity index (χ3v) is 10.9. The van der Waals surface area contributed by atoms with E-state index in [0.717, 1.165) is 61.0 Å². The fourth-order valence-corrected chi connectivity index (χ4v) is 7.16. The molecule has 0 amide bonds. The third-order valence-electron chi connectivity index (χ3n) is 10.9. The number of aromatic nitrogens is 4. The lowest BCUT2D eigenvalue weighted by molar-refractivity contribution is -0.0987. The Morgan fingerprint density at radius 2 is 1.11 bits per heavy atom. The number of aryl methyl sites for hydroxylation is 4. The Hall–Kier alpha value is -5.92. The van der Waals surface area contributed by atoms with E-state index in [9.17, 15) is 14.7 Å². The first-order valence-electron chi connectivity index (χ1n) is 18.9. The molecule has 4 aliphatic rings. The van der Waals surface area contributed by atoms with Gasteiger partial charge in [-0.25, -0.2) is 19.6 Å². The maximum Gasteiger partial charge on any atom is 0.343 e. The second kappa shape index (κ2) is 18.6. The monoisotopic (exact) mass is 764 g/mol. The van der Waals surface area contributed by atoms with Crippen molar-refractivity contribution in [3.05, 3.63) is 93.3 Å². The summed E-state index contributed by atoms with van der Waals surface area (Å²) in [6, 6.07) is 12.6. The van der Waals surface area contributed by atoms with Crippen LogP contribution in [0.15, 0.2) is 48.8 Å². The number of esters is 1. The van der Waals surface area contributed by atoms with Crippen LogP contribution in [0.4, 0.5) is 23.5 Å². The summed E-state index contributed by atoms with van der Waals surface area (Å²) >= 11 is 0. The van der Waals surface area contributed by atoms with E-state index < -0.39 is 11.9 Å². The van der Waals surface area contributed by atoms with Crippen molar-refractivity contribution in [1.82, 2.24) is 19.9 Å². The van der Waals surface area contributed by atoms with E-state index in [4.69, 9.17) is 14.3 Å². The molecule has 0 radical (unpaired) electrons. The highest BCUT2D eigenvalue weighted by molar-refractivity contribution is 5.94. The highest BCUT2D eigenvalue weighted by atomic mass is 16.5. The molecule has 4 fully saturated rings. The highest BCUT2D eigenvalue weighted by Crippen LogP contribution is 2.46. The molecule has 8 rings (SSSR count). The topological polar surface area (TPSA) is 180 Å². The molecule has 2 saturated carbocycles. The summed E-state index contributed by atoms with van der Waals surface area (Å²) < 4.78 is 5.17. The van der Waals surface area contributed by atoms with Gasteiger partial charge in [-0.15, -0.1) is 0 Å². The lowest BCUT2D eigenvalue weighted by Crippen LogP contribution is -2.25. The molecule has 0 bridgehead atoms. The summed E-state index contributed by atoms with van der Waals surface area (Å²) in [7, 11) is 0. The summed E-state index contributed by atoms with van der Waals surface area (Å²) in [5.41, 5.74) is 7.72. The molecule has 2 saturated heterocycles. The molecule has 4 aromatic rings. The molecule has 2 aromatic heterocycles. The molecule has 14 nitrogen and oxygen atoms in total. The van der Waals surface area contributed by atoms with E-state index in [0.29, 0.717) is 48.8 Å². The maximum atomic E-state index is 12.3. The minimum atomic E-state index is -1.02. The van der Waals surface area contributed by atoms with Crippen molar-refractivity contribution >= 4 is 49.0 Å². The van der Waals surface area contributed by atoms with Crippen molar-refractivity contribution in [3.8, 4) is 0 Å².